The fourth-order valence-electron chi connectivity index (χ4n) is 3.30. The van der Waals surface area contributed by atoms with Crippen LogP contribution in [0.3, 0.4) is 0 Å². The normalized spacial score (nSPS) is 15.1. The highest BCUT2D eigenvalue weighted by molar-refractivity contribution is 7.12. The van der Waals surface area contributed by atoms with Crippen LogP contribution in [0.2, 0.25) is 0 Å². The maximum Gasteiger partial charge on any atom is 0.263 e. The number of benzene rings is 1. The smallest absolute Gasteiger partial charge is 0.263 e. The molecule has 3 rings (SSSR count). The highest BCUT2D eigenvalue weighted by atomic mass is 32.1. The van der Waals surface area contributed by atoms with Crippen LogP contribution < -0.4 is 4.74 Å². The second kappa shape index (κ2) is 8.05. The molecule has 1 fully saturated rings. The monoisotopic (exact) mass is 357 g/mol. The lowest BCUT2D eigenvalue weighted by molar-refractivity contribution is 0.0766. The molecule has 2 aromatic rings. The Morgan fingerprint density at radius 3 is 2.52 bits per heavy atom. The third kappa shape index (κ3) is 4.43. The van der Waals surface area contributed by atoms with Crippen LogP contribution in [-0.4, -0.2) is 23.9 Å². The van der Waals surface area contributed by atoms with Gasteiger partial charge < -0.3 is 9.64 Å². The van der Waals surface area contributed by atoms with Crippen LogP contribution in [0.15, 0.2) is 23.6 Å². The Labute approximate surface area is 154 Å². The maximum atomic E-state index is 12.7. The highest BCUT2D eigenvalue weighted by Gasteiger charge is 2.19. The number of hydrogen-bond acceptors (Lipinski definition) is 3. The zero-order valence-electron chi connectivity index (χ0n) is 15.4. The minimum absolute atomic E-state index is 0.181. The molecule has 1 aromatic heterocycles. The molecule has 4 heteroatoms. The molecule has 2 heterocycles. The summed E-state index contributed by atoms with van der Waals surface area (Å²) in [5.74, 6) is 1.12. The van der Waals surface area contributed by atoms with Crippen molar-refractivity contribution in [1.82, 2.24) is 4.90 Å². The molecule has 0 bridgehead atoms. The summed E-state index contributed by atoms with van der Waals surface area (Å²) in [6, 6.07) is 6.25. The lowest BCUT2D eigenvalue weighted by Crippen LogP contribution is -2.31. The Bertz CT molecular complexity index is 742. The maximum absolute atomic E-state index is 12.7. The van der Waals surface area contributed by atoms with E-state index in [2.05, 4.69) is 32.9 Å². The lowest BCUT2D eigenvalue weighted by atomic mass is 10.1. The van der Waals surface area contributed by atoms with Gasteiger partial charge in [0.25, 0.3) is 5.91 Å². The molecule has 0 aliphatic carbocycles. The molecule has 1 saturated heterocycles. The lowest BCUT2D eigenvalue weighted by Gasteiger charge is -2.19. The summed E-state index contributed by atoms with van der Waals surface area (Å²) in [4.78, 5) is 15.5. The molecule has 0 radical (unpaired) electrons. The highest BCUT2D eigenvalue weighted by Crippen LogP contribution is 2.25. The van der Waals surface area contributed by atoms with Crippen molar-refractivity contribution in [3.05, 3.63) is 50.7 Å². The molecule has 1 aliphatic heterocycles. The molecule has 1 amide bonds. The van der Waals surface area contributed by atoms with Crippen molar-refractivity contribution in [1.29, 1.82) is 0 Å². The van der Waals surface area contributed by atoms with Crippen LogP contribution in [-0.2, 0) is 6.61 Å². The summed E-state index contributed by atoms with van der Waals surface area (Å²) in [5, 5.41) is 2.04. The molecule has 0 unspecified atom stereocenters. The van der Waals surface area contributed by atoms with Crippen molar-refractivity contribution in [2.24, 2.45) is 0 Å². The number of amides is 1. The average molecular weight is 358 g/mol. The molecule has 0 N–H and O–H groups in total. The number of carbonyl (C=O) groups excluding carboxylic acids is 1. The third-order valence-electron chi connectivity index (χ3n) is 4.92. The number of ether oxygens (including phenoxy) is 1. The van der Waals surface area contributed by atoms with Crippen molar-refractivity contribution in [2.45, 2.75) is 53.1 Å². The zero-order chi connectivity index (χ0) is 17.8. The summed E-state index contributed by atoms with van der Waals surface area (Å²) in [6.07, 6.45) is 4.73. The van der Waals surface area contributed by atoms with Gasteiger partial charge in [-0.3, -0.25) is 4.79 Å². The molecule has 1 aromatic carbocycles. The Hall–Kier alpha value is -1.81. The van der Waals surface area contributed by atoms with E-state index in [-0.39, 0.29) is 5.91 Å². The quantitative estimate of drug-likeness (QED) is 0.746. The van der Waals surface area contributed by atoms with Gasteiger partial charge in [-0.1, -0.05) is 18.9 Å². The summed E-state index contributed by atoms with van der Waals surface area (Å²) in [6.45, 7) is 8.58. The molecule has 134 valence electrons. The Balaban J connectivity index is 1.65. The first-order chi connectivity index (χ1) is 12.0. The molecule has 25 heavy (non-hydrogen) atoms. The van der Waals surface area contributed by atoms with Crippen molar-refractivity contribution < 1.29 is 9.53 Å². The standard InChI is InChI=1S/C21H27NO2S/c1-15-10-16(2)17(3)19(11-15)24-13-18-12-20(25-14-18)21(23)22-8-6-4-5-7-9-22/h10-12,14H,4-9,13H2,1-3H3. The first-order valence-corrected chi connectivity index (χ1v) is 10.00. The van der Waals surface area contributed by atoms with Crippen LogP contribution in [0.5, 0.6) is 5.75 Å². The van der Waals surface area contributed by atoms with Crippen molar-refractivity contribution >= 4 is 17.2 Å². The number of likely N-dealkylation sites (tertiary alicyclic amines) is 1. The fraction of sp³-hybridized carbons (Fsp3) is 0.476. The average Bonchev–Trinajstić information content (AvgIpc) is 2.89. The van der Waals surface area contributed by atoms with Gasteiger partial charge in [0.2, 0.25) is 0 Å². The molecule has 0 saturated carbocycles. The van der Waals surface area contributed by atoms with E-state index >= 15 is 0 Å². The van der Waals surface area contributed by atoms with Crippen molar-refractivity contribution in [3.8, 4) is 5.75 Å². The second-order valence-corrected chi connectivity index (χ2v) is 7.93. The Morgan fingerprint density at radius 1 is 1.08 bits per heavy atom. The largest absolute Gasteiger partial charge is 0.489 e. The molecule has 1 aliphatic rings. The van der Waals surface area contributed by atoms with E-state index in [9.17, 15) is 4.79 Å². The van der Waals surface area contributed by atoms with Crippen LogP contribution in [0.1, 0.15) is 57.6 Å². The fourth-order valence-corrected chi connectivity index (χ4v) is 4.17. The Kier molecular flexibility index (Phi) is 5.79. The third-order valence-corrected chi connectivity index (χ3v) is 5.88. The van der Waals surface area contributed by atoms with Gasteiger partial charge in [0.15, 0.2) is 0 Å². The van der Waals surface area contributed by atoms with Crippen LogP contribution in [0.4, 0.5) is 0 Å². The molecule has 3 nitrogen and oxygen atoms in total. The summed E-state index contributed by atoms with van der Waals surface area (Å²) in [7, 11) is 0. The van der Waals surface area contributed by atoms with Gasteiger partial charge in [-0.15, -0.1) is 11.3 Å². The van der Waals surface area contributed by atoms with Gasteiger partial charge >= 0.3 is 0 Å². The van der Waals surface area contributed by atoms with Crippen LogP contribution in [0.25, 0.3) is 0 Å². The van der Waals surface area contributed by atoms with Gasteiger partial charge in [-0.25, -0.2) is 0 Å². The van der Waals surface area contributed by atoms with Gasteiger partial charge in [0.05, 0.1) is 4.88 Å². The van der Waals surface area contributed by atoms with Gasteiger partial charge in [-0.05, 0) is 67.8 Å². The molecule has 0 spiro atoms. The van der Waals surface area contributed by atoms with E-state index in [0.717, 1.165) is 42.1 Å². The first kappa shape index (κ1) is 18.0. The summed E-state index contributed by atoms with van der Waals surface area (Å²) < 4.78 is 6.02. The Morgan fingerprint density at radius 2 is 1.80 bits per heavy atom. The van der Waals surface area contributed by atoms with Crippen molar-refractivity contribution in [2.75, 3.05) is 13.1 Å². The number of aryl methyl sites for hydroxylation is 2. The predicted octanol–water partition coefficient (Wildman–Crippen LogP) is 5.27. The molecule has 0 atom stereocenters. The van der Waals surface area contributed by atoms with Crippen LogP contribution >= 0.6 is 11.3 Å². The van der Waals surface area contributed by atoms with E-state index in [1.165, 1.54) is 40.9 Å². The topological polar surface area (TPSA) is 29.5 Å². The van der Waals surface area contributed by atoms with E-state index in [1.807, 2.05) is 16.3 Å². The van der Waals surface area contributed by atoms with Gasteiger partial charge in [0, 0.05) is 18.7 Å². The number of thiophene rings is 1. The SMILES string of the molecule is Cc1cc(C)c(C)c(OCc2csc(C(=O)N3CCCCCC3)c2)c1. The van der Waals surface area contributed by atoms with E-state index in [4.69, 9.17) is 4.74 Å². The predicted molar refractivity (Wildman–Crippen MR) is 104 cm³/mol. The van der Waals surface area contributed by atoms with E-state index in [0.29, 0.717) is 6.61 Å². The second-order valence-electron chi connectivity index (χ2n) is 7.02. The number of carbonyl (C=O) groups is 1. The zero-order valence-corrected chi connectivity index (χ0v) is 16.2. The van der Waals surface area contributed by atoms with Crippen molar-refractivity contribution in [3.63, 3.8) is 0 Å². The summed E-state index contributed by atoms with van der Waals surface area (Å²) >= 11 is 1.53. The minimum atomic E-state index is 0.181. The van der Waals surface area contributed by atoms with Crippen LogP contribution in [0, 0.1) is 20.8 Å². The van der Waals surface area contributed by atoms with Gasteiger partial charge in [-0.2, -0.15) is 0 Å². The molecular formula is C21H27NO2S. The molecular weight excluding hydrogens is 330 g/mol. The van der Waals surface area contributed by atoms with E-state index < -0.39 is 0 Å². The number of hydrogen-bond donors (Lipinski definition) is 0. The number of rotatable bonds is 4. The summed E-state index contributed by atoms with van der Waals surface area (Å²) in [5.41, 5.74) is 4.71. The minimum Gasteiger partial charge on any atom is -0.489 e. The number of nitrogens with zero attached hydrogens (tertiary/aromatic N) is 1. The first-order valence-electron chi connectivity index (χ1n) is 9.12. The van der Waals surface area contributed by atoms with E-state index in [1.54, 1.807) is 0 Å². The van der Waals surface area contributed by atoms with Gasteiger partial charge in [0.1, 0.15) is 12.4 Å².